The molecular formula is C68H68N2. The summed E-state index contributed by atoms with van der Waals surface area (Å²) in [5.41, 5.74) is 26.3. The number of nitrogens with one attached hydrogen (secondary N) is 1. The summed E-state index contributed by atoms with van der Waals surface area (Å²) in [7, 11) is 0. The van der Waals surface area contributed by atoms with Crippen molar-refractivity contribution in [1.82, 2.24) is 4.57 Å². The molecule has 1 heterocycles. The van der Waals surface area contributed by atoms with Gasteiger partial charge in [-0.1, -0.05) is 201 Å². The van der Waals surface area contributed by atoms with Crippen molar-refractivity contribution in [1.29, 1.82) is 0 Å². The van der Waals surface area contributed by atoms with E-state index in [4.69, 9.17) is 0 Å². The molecule has 8 aromatic rings. The molecule has 0 saturated heterocycles. The maximum Gasteiger partial charge on any atom is 0.0538 e. The van der Waals surface area contributed by atoms with Crippen LogP contribution in [0.3, 0.4) is 0 Å². The molecule has 1 aromatic heterocycles. The zero-order chi connectivity index (χ0) is 48.0. The Hall–Kier alpha value is -6.90. The Bertz CT molecular complexity index is 3300. The van der Waals surface area contributed by atoms with E-state index in [1.807, 2.05) is 12.2 Å². The fraction of sp³-hybridized carbons (Fsp3) is 0.265. The van der Waals surface area contributed by atoms with E-state index in [-0.39, 0.29) is 10.8 Å². The second-order valence-corrected chi connectivity index (χ2v) is 21.0. The predicted molar refractivity (Wildman–Crippen MR) is 303 cm³/mol. The fourth-order valence-corrected chi connectivity index (χ4v) is 12.6. The third kappa shape index (κ3) is 7.90. The van der Waals surface area contributed by atoms with E-state index in [9.17, 15) is 0 Å². The van der Waals surface area contributed by atoms with Gasteiger partial charge in [-0.15, -0.1) is 0 Å². The van der Waals surface area contributed by atoms with E-state index in [1.54, 1.807) is 0 Å². The van der Waals surface area contributed by atoms with Crippen LogP contribution >= 0.6 is 0 Å². The zero-order valence-electron chi connectivity index (χ0n) is 41.9. The van der Waals surface area contributed by atoms with Crippen molar-refractivity contribution in [2.45, 2.75) is 116 Å². The molecule has 0 amide bonds. The summed E-state index contributed by atoms with van der Waals surface area (Å²) in [5, 5.41) is 5.27. The zero-order valence-corrected chi connectivity index (χ0v) is 41.9. The maximum absolute atomic E-state index is 4.01. The van der Waals surface area contributed by atoms with Crippen molar-refractivity contribution in [2.75, 3.05) is 5.32 Å². The Morgan fingerprint density at radius 3 is 1.76 bits per heavy atom. The third-order valence-corrected chi connectivity index (χ3v) is 16.4. The van der Waals surface area contributed by atoms with Gasteiger partial charge in [0.2, 0.25) is 0 Å². The van der Waals surface area contributed by atoms with Crippen molar-refractivity contribution in [3.63, 3.8) is 0 Å². The standard InChI is InChI=1S/C68H68N2/c1-7-11-13-17-39-68(40-18-14-12-8-2)63-44-53(69-52-31-34-56-55-19-15-16-20-61(55)67(5,6)62(56)43-52)32-35-57(63)58-36-33-54(45-64(58)68)70-65-37-29-50(48-25-21-46(9-3)22-26-48)41-59(65)60-42-51(30-38-66(60)70)49-27-23-47(10-4)24-28-49/h9-10,15-16,19-29,31-37,41-45,69H,3-4,7-8,11-14,17-18,30,38-40H2,1-2,5-6H3. The number of allylic oxidation sites excluding steroid dienone is 1. The minimum absolute atomic E-state index is 0.0479. The summed E-state index contributed by atoms with van der Waals surface area (Å²) in [6.45, 7) is 17.4. The molecule has 0 spiro atoms. The topological polar surface area (TPSA) is 17.0 Å². The summed E-state index contributed by atoms with van der Waals surface area (Å²) in [5.74, 6) is 0. The average Bonchev–Trinajstić information content (AvgIpc) is 3.95. The van der Waals surface area contributed by atoms with Crippen molar-refractivity contribution >= 4 is 46.1 Å². The summed E-state index contributed by atoms with van der Waals surface area (Å²) >= 11 is 0. The molecule has 0 fully saturated rings. The van der Waals surface area contributed by atoms with Gasteiger partial charge in [0.05, 0.1) is 5.52 Å². The van der Waals surface area contributed by atoms with Crippen LogP contribution in [-0.4, -0.2) is 4.57 Å². The highest BCUT2D eigenvalue weighted by Crippen LogP contribution is 2.56. The minimum atomic E-state index is -0.0835. The first kappa shape index (κ1) is 45.5. The van der Waals surface area contributed by atoms with E-state index in [0.717, 1.165) is 42.5 Å². The maximum atomic E-state index is 4.01. The van der Waals surface area contributed by atoms with Crippen LogP contribution in [0.1, 0.15) is 149 Å². The Morgan fingerprint density at radius 1 is 0.529 bits per heavy atom. The van der Waals surface area contributed by atoms with E-state index >= 15 is 0 Å². The molecular weight excluding hydrogens is 845 g/mol. The van der Waals surface area contributed by atoms with Crippen LogP contribution in [0.15, 0.2) is 159 Å². The summed E-state index contributed by atoms with van der Waals surface area (Å²) in [6, 6.07) is 55.7. The molecule has 70 heavy (non-hydrogen) atoms. The van der Waals surface area contributed by atoms with Crippen LogP contribution in [0.4, 0.5) is 11.4 Å². The van der Waals surface area contributed by atoms with Crippen LogP contribution in [0.5, 0.6) is 0 Å². The van der Waals surface area contributed by atoms with Crippen LogP contribution < -0.4 is 5.32 Å². The van der Waals surface area contributed by atoms with Gasteiger partial charge in [0.25, 0.3) is 0 Å². The molecule has 0 radical (unpaired) electrons. The molecule has 2 heteroatoms. The number of unbranched alkanes of at least 4 members (excludes halogenated alkanes) is 6. The molecule has 3 aliphatic carbocycles. The lowest BCUT2D eigenvalue weighted by Crippen LogP contribution is -2.26. The second kappa shape index (κ2) is 18.8. The largest absolute Gasteiger partial charge is 0.356 e. The van der Waals surface area contributed by atoms with E-state index in [0.29, 0.717) is 0 Å². The Kier molecular flexibility index (Phi) is 12.2. The quantitative estimate of drug-likeness (QED) is 0.0901. The lowest BCUT2D eigenvalue weighted by atomic mass is 9.70. The molecule has 0 unspecified atom stereocenters. The third-order valence-electron chi connectivity index (χ3n) is 16.4. The van der Waals surface area contributed by atoms with Crippen molar-refractivity contribution in [3.05, 3.63) is 209 Å². The molecule has 350 valence electrons. The molecule has 2 nitrogen and oxygen atoms in total. The second-order valence-electron chi connectivity index (χ2n) is 21.0. The first-order chi connectivity index (χ1) is 34.2. The van der Waals surface area contributed by atoms with Crippen LogP contribution in [-0.2, 0) is 17.3 Å². The average molecular weight is 913 g/mol. The molecule has 0 saturated carbocycles. The van der Waals surface area contributed by atoms with Gasteiger partial charge in [0.15, 0.2) is 0 Å². The Labute approximate surface area is 417 Å². The van der Waals surface area contributed by atoms with Gasteiger partial charge in [0, 0.05) is 44.5 Å². The molecule has 0 atom stereocenters. The summed E-state index contributed by atoms with van der Waals surface area (Å²) < 4.78 is 2.63. The Balaban J connectivity index is 1.04. The smallest absolute Gasteiger partial charge is 0.0538 e. The fourth-order valence-electron chi connectivity index (χ4n) is 12.6. The number of aromatic nitrogens is 1. The van der Waals surface area contributed by atoms with Crippen molar-refractivity contribution in [2.24, 2.45) is 0 Å². The van der Waals surface area contributed by atoms with Gasteiger partial charge in [0.1, 0.15) is 0 Å². The number of hydrogen-bond donors (Lipinski definition) is 1. The monoisotopic (exact) mass is 913 g/mol. The lowest BCUT2D eigenvalue weighted by molar-refractivity contribution is 0.401. The number of hydrogen-bond acceptors (Lipinski definition) is 1. The van der Waals surface area contributed by atoms with Crippen LogP contribution in [0, 0.1) is 0 Å². The van der Waals surface area contributed by atoms with Gasteiger partial charge in [-0.2, -0.15) is 0 Å². The molecule has 3 aliphatic rings. The molecule has 0 aliphatic heterocycles. The van der Waals surface area contributed by atoms with E-state index < -0.39 is 0 Å². The summed E-state index contributed by atoms with van der Waals surface area (Å²) in [6.07, 6.45) is 20.6. The van der Waals surface area contributed by atoms with Gasteiger partial charge in [-0.25, -0.2) is 0 Å². The van der Waals surface area contributed by atoms with Crippen molar-refractivity contribution in [3.8, 4) is 39.1 Å². The normalized spacial score (nSPS) is 14.6. The molecule has 7 aromatic carbocycles. The SMILES string of the molecule is C=Cc1ccc(C2=Cc3c(n(-c4ccc5c(c4)C(CCCCCC)(CCCCCC)c4cc(Nc6ccc7c(c6)C(C)(C)c6ccccc6-7)ccc4-5)c4ccc(-c5ccc(C=C)cc5)cc34)CC2)cc1. The molecule has 1 N–H and O–H groups in total. The highest BCUT2D eigenvalue weighted by atomic mass is 15.0. The Morgan fingerprint density at radius 2 is 1.10 bits per heavy atom. The van der Waals surface area contributed by atoms with Gasteiger partial charge in [-0.3, -0.25) is 0 Å². The first-order valence-electron chi connectivity index (χ1n) is 26.4. The highest BCUT2D eigenvalue weighted by Gasteiger charge is 2.43. The number of anilines is 2. The highest BCUT2D eigenvalue weighted by molar-refractivity contribution is 6.01. The van der Waals surface area contributed by atoms with Gasteiger partial charge in [-0.05, 0) is 158 Å². The molecule has 11 rings (SSSR count). The molecule has 0 bridgehead atoms. The number of fused-ring (bicyclic) bond motifs is 9. The number of benzene rings is 7. The van der Waals surface area contributed by atoms with Crippen molar-refractivity contribution < 1.29 is 0 Å². The van der Waals surface area contributed by atoms with E-state index in [2.05, 4.69) is 202 Å². The lowest BCUT2D eigenvalue weighted by Gasteiger charge is -2.33. The van der Waals surface area contributed by atoms with Gasteiger partial charge >= 0.3 is 0 Å². The first-order valence-corrected chi connectivity index (χ1v) is 26.4. The summed E-state index contributed by atoms with van der Waals surface area (Å²) in [4.78, 5) is 0. The number of rotatable bonds is 17. The van der Waals surface area contributed by atoms with Crippen LogP contribution in [0.2, 0.25) is 0 Å². The minimum Gasteiger partial charge on any atom is -0.356 e. The predicted octanol–water partition coefficient (Wildman–Crippen LogP) is 19.3. The number of nitrogens with zero attached hydrogens (tertiary/aromatic N) is 1. The van der Waals surface area contributed by atoms with Gasteiger partial charge < -0.3 is 9.88 Å². The van der Waals surface area contributed by atoms with E-state index in [1.165, 1.54) is 152 Å². The van der Waals surface area contributed by atoms with Crippen LogP contribution in [0.25, 0.3) is 73.8 Å².